The van der Waals surface area contributed by atoms with E-state index < -0.39 is 5.97 Å². The van der Waals surface area contributed by atoms with Crippen LogP contribution in [0.15, 0.2) is 33.5 Å². The Balaban J connectivity index is 0.00000220. The van der Waals surface area contributed by atoms with Crippen LogP contribution in [0, 0.1) is 0 Å². The number of oxazole rings is 1. The summed E-state index contributed by atoms with van der Waals surface area (Å²) in [7, 11) is 0. The van der Waals surface area contributed by atoms with Crippen molar-refractivity contribution in [2.75, 3.05) is 0 Å². The van der Waals surface area contributed by atoms with Crippen molar-refractivity contribution in [3.05, 3.63) is 34.8 Å². The van der Waals surface area contributed by atoms with Gasteiger partial charge in [0.1, 0.15) is 0 Å². The molecule has 21 heavy (non-hydrogen) atoms. The minimum Gasteiger partial charge on any atom is -1.00 e. The summed E-state index contributed by atoms with van der Waals surface area (Å²) in [5.74, 6) is -1.04. The van der Waals surface area contributed by atoms with Gasteiger partial charge in [-0.15, -0.1) is 0 Å². The molecule has 0 spiro atoms. The first-order chi connectivity index (χ1) is 9.68. The van der Waals surface area contributed by atoms with Gasteiger partial charge in [0.25, 0.3) is 0 Å². The summed E-state index contributed by atoms with van der Waals surface area (Å²) in [6.07, 6.45) is 4.78. The number of carbonyl (C=O) groups is 1. The van der Waals surface area contributed by atoms with Gasteiger partial charge in [-0.25, -0.2) is 4.79 Å². The van der Waals surface area contributed by atoms with Crippen LogP contribution in [0.3, 0.4) is 0 Å². The molecule has 0 aliphatic carbocycles. The first-order valence-electron chi connectivity index (χ1n) is 6.98. The Labute approximate surface area is 146 Å². The molecule has 1 N–H and O–H groups in total. The van der Waals surface area contributed by atoms with Gasteiger partial charge in [0.05, 0.1) is 5.52 Å². The molecule has 1 aromatic heterocycles. The number of nitrogens with zero attached hydrogens (tertiary/aromatic N) is 1. The van der Waals surface area contributed by atoms with Gasteiger partial charge in [-0.1, -0.05) is 31.4 Å². The second kappa shape index (κ2) is 9.07. The molecule has 0 aliphatic rings. The Morgan fingerprint density at radius 2 is 1.81 bits per heavy atom. The van der Waals surface area contributed by atoms with Crippen molar-refractivity contribution in [1.82, 2.24) is 4.57 Å². The van der Waals surface area contributed by atoms with E-state index in [-0.39, 0.29) is 43.2 Å². The van der Waals surface area contributed by atoms with Crippen LogP contribution in [0.5, 0.6) is 0 Å². The standard InChI is InChI=1S/C15H19NO4.Na.H/c17-14(18)10-4-2-1-3-7-11-16-12-8-5-6-9-13(12)20-15(16)19;;/h5-6,8-9H,1-4,7,10-11H2,(H,17,18);;/q;+1;-1. The number of aryl methyl sites for hydroxylation is 1. The molecule has 0 atom stereocenters. The molecule has 0 aliphatic heterocycles. The zero-order valence-corrected chi connectivity index (χ0v) is 14.4. The van der Waals surface area contributed by atoms with Gasteiger partial charge in [-0.2, -0.15) is 0 Å². The van der Waals surface area contributed by atoms with E-state index >= 15 is 0 Å². The fourth-order valence-electron chi connectivity index (χ4n) is 2.30. The van der Waals surface area contributed by atoms with Gasteiger partial charge in [0.15, 0.2) is 5.58 Å². The quantitative estimate of drug-likeness (QED) is 0.556. The minimum atomic E-state index is -0.735. The van der Waals surface area contributed by atoms with Gasteiger partial charge in [-0.3, -0.25) is 9.36 Å². The summed E-state index contributed by atoms with van der Waals surface area (Å²) >= 11 is 0. The zero-order chi connectivity index (χ0) is 14.4. The van der Waals surface area contributed by atoms with E-state index in [1.54, 1.807) is 10.6 Å². The normalized spacial score (nSPS) is 10.5. The second-order valence-corrected chi connectivity index (χ2v) is 4.90. The Kier molecular flexibility index (Phi) is 7.78. The number of unbranched alkanes of at least 4 members (excludes halogenated alkanes) is 4. The molecule has 5 nitrogen and oxygen atoms in total. The van der Waals surface area contributed by atoms with Crippen molar-refractivity contribution in [3.8, 4) is 0 Å². The van der Waals surface area contributed by atoms with Crippen LogP contribution >= 0.6 is 0 Å². The van der Waals surface area contributed by atoms with Crippen LogP contribution in [0.25, 0.3) is 11.1 Å². The number of rotatable bonds is 8. The molecule has 6 heteroatoms. The number of aliphatic carboxylic acids is 1. The summed E-state index contributed by atoms with van der Waals surface area (Å²) in [4.78, 5) is 22.1. The third kappa shape index (κ3) is 5.34. The Bertz CT molecular complexity index is 638. The Morgan fingerprint density at radius 1 is 1.14 bits per heavy atom. The zero-order valence-electron chi connectivity index (χ0n) is 13.4. The summed E-state index contributed by atoms with van der Waals surface area (Å²) in [5.41, 5.74) is 1.46. The maximum Gasteiger partial charge on any atom is 1.00 e. The molecule has 0 bridgehead atoms. The molecule has 2 aromatic rings. The number of aromatic nitrogens is 1. The second-order valence-electron chi connectivity index (χ2n) is 4.90. The number of carboxylic acids is 1. The van der Waals surface area contributed by atoms with Crippen LogP contribution < -0.4 is 35.3 Å². The third-order valence-corrected chi connectivity index (χ3v) is 3.35. The fraction of sp³-hybridized carbons (Fsp3) is 0.467. The SMILES string of the molecule is O=C(O)CCCCCCCn1c(=O)oc2ccccc21.[H-].[Na+]. The van der Waals surface area contributed by atoms with Gasteiger partial charge < -0.3 is 11.0 Å². The van der Waals surface area contributed by atoms with Crippen LogP contribution in [0.1, 0.15) is 40.0 Å². The number of benzene rings is 1. The van der Waals surface area contributed by atoms with Gasteiger partial charge in [-0.05, 0) is 25.0 Å². The number of fused-ring (bicyclic) bond motifs is 1. The van der Waals surface area contributed by atoms with Gasteiger partial charge in [0.2, 0.25) is 0 Å². The van der Waals surface area contributed by atoms with Crippen molar-refractivity contribution in [2.24, 2.45) is 0 Å². The molecule has 1 heterocycles. The molecule has 0 saturated heterocycles. The molecule has 0 radical (unpaired) electrons. The van der Waals surface area contributed by atoms with E-state index in [0.717, 1.165) is 37.6 Å². The maximum atomic E-state index is 11.7. The fourth-order valence-corrected chi connectivity index (χ4v) is 2.30. The first kappa shape index (κ1) is 18.0. The molecule has 1 aromatic carbocycles. The van der Waals surface area contributed by atoms with E-state index in [1.807, 2.05) is 18.2 Å². The largest absolute Gasteiger partial charge is 1.00 e. The van der Waals surface area contributed by atoms with Crippen LogP contribution in [0.4, 0.5) is 0 Å². The molecule has 0 fully saturated rings. The topological polar surface area (TPSA) is 72.4 Å². The maximum absolute atomic E-state index is 11.7. The van der Waals surface area contributed by atoms with Crippen LogP contribution in [0.2, 0.25) is 0 Å². The average Bonchev–Trinajstić information content (AvgIpc) is 2.73. The molecular formula is C15H20NNaO4. The average molecular weight is 301 g/mol. The van der Waals surface area contributed by atoms with Crippen molar-refractivity contribution >= 4 is 17.1 Å². The molecule has 0 amide bonds. The molecule has 0 unspecified atom stereocenters. The predicted octanol–water partition coefficient (Wildman–Crippen LogP) is 0.136. The van der Waals surface area contributed by atoms with Crippen molar-refractivity contribution in [3.63, 3.8) is 0 Å². The van der Waals surface area contributed by atoms with E-state index in [9.17, 15) is 9.59 Å². The van der Waals surface area contributed by atoms with E-state index in [4.69, 9.17) is 9.52 Å². The third-order valence-electron chi connectivity index (χ3n) is 3.35. The van der Waals surface area contributed by atoms with Crippen LogP contribution in [-0.4, -0.2) is 15.6 Å². The van der Waals surface area contributed by atoms with Gasteiger partial charge in [0, 0.05) is 13.0 Å². The van der Waals surface area contributed by atoms with E-state index in [2.05, 4.69) is 0 Å². The smallest absolute Gasteiger partial charge is 1.00 e. The van der Waals surface area contributed by atoms with Crippen molar-refractivity contribution < 1.29 is 45.3 Å². The summed E-state index contributed by atoms with van der Waals surface area (Å²) < 4.78 is 6.82. The summed E-state index contributed by atoms with van der Waals surface area (Å²) in [5, 5.41) is 8.52. The van der Waals surface area contributed by atoms with Gasteiger partial charge >= 0.3 is 41.3 Å². The van der Waals surface area contributed by atoms with Crippen molar-refractivity contribution in [1.29, 1.82) is 0 Å². The molecule has 110 valence electrons. The van der Waals surface area contributed by atoms with E-state index in [1.165, 1.54) is 0 Å². The molecule has 2 rings (SSSR count). The van der Waals surface area contributed by atoms with Crippen LogP contribution in [-0.2, 0) is 11.3 Å². The number of hydrogen-bond donors (Lipinski definition) is 1. The molecule has 0 saturated carbocycles. The van der Waals surface area contributed by atoms with Crippen molar-refractivity contribution in [2.45, 2.75) is 45.1 Å². The monoisotopic (exact) mass is 301 g/mol. The Morgan fingerprint density at radius 3 is 2.57 bits per heavy atom. The predicted molar refractivity (Wildman–Crippen MR) is 76.9 cm³/mol. The first-order valence-corrected chi connectivity index (χ1v) is 6.98. The summed E-state index contributed by atoms with van der Waals surface area (Å²) in [6, 6.07) is 7.41. The Hall–Kier alpha value is -1.04. The number of para-hydroxylation sites is 2. The molecular weight excluding hydrogens is 281 g/mol. The number of carboxylic acid groups (broad SMARTS) is 1. The minimum absolute atomic E-state index is 0. The van der Waals surface area contributed by atoms with E-state index in [0.29, 0.717) is 12.1 Å². The number of hydrogen-bond acceptors (Lipinski definition) is 3. The summed E-state index contributed by atoms with van der Waals surface area (Å²) in [6.45, 7) is 0.648.